The summed E-state index contributed by atoms with van der Waals surface area (Å²) in [5, 5.41) is 0. The molecule has 1 unspecified atom stereocenters. The lowest BCUT2D eigenvalue weighted by Gasteiger charge is -2.16. The average Bonchev–Trinajstić information content (AvgIpc) is 3.34. The molecule has 7 heteroatoms. The van der Waals surface area contributed by atoms with Gasteiger partial charge < -0.3 is 10.5 Å². The number of halogens is 1. The highest BCUT2D eigenvalue weighted by Crippen LogP contribution is 2.33. The molecule has 0 aromatic heterocycles. The first-order valence-electron chi connectivity index (χ1n) is 8.02. The van der Waals surface area contributed by atoms with Gasteiger partial charge in [0, 0.05) is 12.6 Å². The summed E-state index contributed by atoms with van der Waals surface area (Å²) in [5.74, 6) is 1.09. The predicted molar refractivity (Wildman–Crippen MR) is 94.6 cm³/mol. The van der Waals surface area contributed by atoms with Gasteiger partial charge in [0.2, 0.25) is 10.0 Å². The van der Waals surface area contributed by atoms with E-state index in [1.54, 1.807) is 24.3 Å². The Morgan fingerprint density at radius 1 is 1.26 bits per heavy atom. The summed E-state index contributed by atoms with van der Waals surface area (Å²) >= 11 is 0. The molecule has 23 heavy (non-hydrogen) atoms. The van der Waals surface area contributed by atoms with Crippen LogP contribution in [0.3, 0.4) is 0 Å². The minimum atomic E-state index is -3.51. The molecule has 0 spiro atoms. The molecule has 0 radical (unpaired) electrons. The zero-order valence-electron chi connectivity index (χ0n) is 13.5. The second-order valence-electron chi connectivity index (χ2n) is 5.83. The first kappa shape index (κ1) is 20.2. The molecule has 1 aliphatic carbocycles. The van der Waals surface area contributed by atoms with Crippen molar-refractivity contribution >= 4 is 22.4 Å². The second-order valence-corrected chi connectivity index (χ2v) is 7.54. The summed E-state index contributed by atoms with van der Waals surface area (Å²) in [6.45, 7) is 3.14. The largest absolute Gasteiger partial charge is 0.494 e. The number of unbranched alkanes of at least 4 members (excludes halogenated alkanes) is 2. The van der Waals surface area contributed by atoms with Crippen LogP contribution in [-0.4, -0.2) is 27.6 Å². The maximum Gasteiger partial charge on any atom is 0.240 e. The molecule has 1 fully saturated rings. The third-order valence-corrected chi connectivity index (χ3v) is 5.41. The van der Waals surface area contributed by atoms with Gasteiger partial charge in [-0.1, -0.05) is 19.8 Å². The van der Waals surface area contributed by atoms with Crippen molar-refractivity contribution < 1.29 is 13.2 Å². The number of hydrogen-bond donors (Lipinski definition) is 2. The molecule has 0 aliphatic heterocycles. The topological polar surface area (TPSA) is 81.4 Å². The number of sulfonamides is 1. The third-order valence-electron chi connectivity index (χ3n) is 3.90. The van der Waals surface area contributed by atoms with E-state index in [1.165, 1.54) is 0 Å². The summed E-state index contributed by atoms with van der Waals surface area (Å²) in [4.78, 5) is 0.257. The van der Waals surface area contributed by atoms with Crippen LogP contribution in [0.4, 0.5) is 0 Å². The van der Waals surface area contributed by atoms with Crippen LogP contribution in [0, 0.1) is 5.92 Å². The number of nitrogens with one attached hydrogen (secondary N) is 1. The van der Waals surface area contributed by atoms with Crippen LogP contribution in [0.2, 0.25) is 0 Å². The molecule has 5 nitrogen and oxygen atoms in total. The van der Waals surface area contributed by atoms with Crippen LogP contribution in [0.1, 0.15) is 39.0 Å². The molecule has 1 aromatic carbocycles. The van der Waals surface area contributed by atoms with Crippen molar-refractivity contribution in [3.63, 3.8) is 0 Å². The molecule has 3 N–H and O–H groups in total. The quantitative estimate of drug-likeness (QED) is 0.627. The minimum absolute atomic E-state index is 0. The van der Waals surface area contributed by atoms with Gasteiger partial charge in [0.1, 0.15) is 5.75 Å². The molecular formula is C16H27ClN2O3S. The van der Waals surface area contributed by atoms with Crippen LogP contribution in [-0.2, 0) is 10.0 Å². The standard InChI is InChI=1S/C16H26N2O3S.ClH/c1-2-3-4-11-21-14-7-9-15(10-8-14)22(19,20)18-16(12-17)13-5-6-13;/h7-10,13,16,18H,2-6,11-12,17H2,1H3;1H. The van der Waals surface area contributed by atoms with E-state index in [-0.39, 0.29) is 23.3 Å². The molecule has 1 saturated carbocycles. The summed E-state index contributed by atoms with van der Waals surface area (Å²) in [7, 11) is -3.51. The van der Waals surface area contributed by atoms with Gasteiger partial charge in [0.25, 0.3) is 0 Å². The van der Waals surface area contributed by atoms with E-state index in [4.69, 9.17) is 10.5 Å². The third kappa shape index (κ3) is 6.30. The maximum absolute atomic E-state index is 12.3. The zero-order valence-corrected chi connectivity index (χ0v) is 15.2. The fraction of sp³-hybridized carbons (Fsp3) is 0.625. The predicted octanol–water partition coefficient (Wildman–Crippen LogP) is 2.69. The van der Waals surface area contributed by atoms with Crippen LogP contribution in [0.5, 0.6) is 5.75 Å². The molecule has 0 bridgehead atoms. The number of ether oxygens (including phenoxy) is 1. The smallest absolute Gasteiger partial charge is 0.240 e. The summed E-state index contributed by atoms with van der Waals surface area (Å²) in [6, 6.07) is 6.41. The molecule has 0 heterocycles. The number of hydrogen-bond acceptors (Lipinski definition) is 4. The Balaban J connectivity index is 0.00000264. The van der Waals surface area contributed by atoms with E-state index >= 15 is 0 Å². The van der Waals surface area contributed by atoms with Crippen LogP contribution >= 0.6 is 12.4 Å². The lowest BCUT2D eigenvalue weighted by atomic mass is 10.2. The van der Waals surface area contributed by atoms with Gasteiger partial charge in [0.05, 0.1) is 11.5 Å². The lowest BCUT2D eigenvalue weighted by molar-refractivity contribution is 0.306. The van der Waals surface area contributed by atoms with Gasteiger partial charge in [-0.2, -0.15) is 0 Å². The van der Waals surface area contributed by atoms with Crippen molar-refractivity contribution in [3.8, 4) is 5.75 Å². The van der Waals surface area contributed by atoms with Gasteiger partial charge in [-0.3, -0.25) is 0 Å². The van der Waals surface area contributed by atoms with Gasteiger partial charge in [-0.05, 0) is 49.4 Å². The fourth-order valence-corrected chi connectivity index (χ4v) is 3.68. The Bertz CT molecular complexity index is 559. The van der Waals surface area contributed by atoms with Crippen molar-refractivity contribution in [1.82, 2.24) is 4.72 Å². The summed E-state index contributed by atoms with van der Waals surface area (Å²) < 4.78 is 33.0. The zero-order chi connectivity index (χ0) is 16.0. The normalized spacial score (nSPS) is 15.7. The molecular weight excluding hydrogens is 336 g/mol. The van der Waals surface area contributed by atoms with E-state index in [0.29, 0.717) is 24.8 Å². The lowest BCUT2D eigenvalue weighted by Crippen LogP contribution is -2.41. The van der Waals surface area contributed by atoms with Gasteiger partial charge >= 0.3 is 0 Å². The molecule has 0 saturated heterocycles. The Morgan fingerprint density at radius 3 is 2.43 bits per heavy atom. The van der Waals surface area contributed by atoms with Crippen LogP contribution < -0.4 is 15.2 Å². The van der Waals surface area contributed by atoms with Crippen LogP contribution in [0.25, 0.3) is 0 Å². The minimum Gasteiger partial charge on any atom is -0.494 e. The highest BCUT2D eigenvalue weighted by atomic mass is 35.5. The van der Waals surface area contributed by atoms with E-state index < -0.39 is 10.0 Å². The van der Waals surface area contributed by atoms with Gasteiger partial charge in [-0.15, -0.1) is 12.4 Å². The Kier molecular flexibility index (Phi) is 8.33. The number of rotatable bonds is 10. The summed E-state index contributed by atoms with van der Waals surface area (Å²) in [5.41, 5.74) is 5.66. The highest BCUT2D eigenvalue weighted by Gasteiger charge is 2.33. The fourth-order valence-electron chi connectivity index (χ4n) is 2.36. The Morgan fingerprint density at radius 2 is 1.91 bits per heavy atom. The monoisotopic (exact) mass is 362 g/mol. The van der Waals surface area contributed by atoms with E-state index in [2.05, 4.69) is 11.6 Å². The van der Waals surface area contributed by atoms with E-state index in [1.807, 2.05) is 0 Å². The Hall–Kier alpha value is -0.820. The van der Waals surface area contributed by atoms with E-state index in [0.717, 1.165) is 32.1 Å². The average molecular weight is 363 g/mol. The SMILES string of the molecule is CCCCCOc1ccc(S(=O)(=O)NC(CN)C2CC2)cc1.Cl. The van der Waals surface area contributed by atoms with Crippen molar-refractivity contribution in [3.05, 3.63) is 24.3 Å². The number of benzene rings is 1. The molecule has 1 atom stereocenters. The van der Waals surface area contributed by atoms with Crippen LogP contribution in [0.15, 0.2) is 29.2 Å². The molecule has 0 amide bonds. The van der Waals surface area contributed by atoms with Crippen molar-refractivity contribution in [2.75, 3.05) is 13.2 Å². The number of nitrogens with two attached hydrogens (primary N) is 1. The van der Waals surface area contributed by atoms with Crippen molar-refractivity contribution in [2.24, 2.45) is 11.7 Å². The van der Waals surface area contributed by atoms with Gasteiger partial charge in [0.15, 0.2) is 0 Å². The summed E-state index contributed by atoms with van der Waals surface area (Å²) in [6.07, 6.45) is 5.40. The molecule has 1 aromatic rings. The highest BCUT2D eigenvalue weighted by molar-refractivity contribution is 7.89. The molecule has 1 aliphatic rings. The van der Waals surface area contributed by atoms with Crippen molar-refractivity contribution in [1.29, 1.82) is 0 Å². The molecule has 2 rings (SSSR count). The maximum atomic E-state index is 12.3. The van der Waals surface area contributed by atoms with E-state index in [9.17, 15) is 8.42 Å². The first-order chi connectivity index (χ1) is 10.6. The molecule has 132 valence electrons. The Labute approximate surface area is 145 Å². The van der Waals surface area contributed by atoms with Crippen molar-refractivity contribution in [2.45, 2.75) is 50.0 Å². The van der Waals surface area contributed by atoms with Gasteiger partial charge in [-0.25, -0.2) is 13.1 Å². The first-order valence-corrected chi connectivity index (χ1v) is 9.50. The second kappa shape index (κ2) is 9.47.